The summed E-state index contributed by atoms with van der Waals surface area (Å²) < 4.78 is 0. The minimum Gasteiger partial charge on any atom is -0.0883 e. The number of unbranched alkanes of at least 4 members (excludes halogenated alkanes) is 1. The predicted octanol–water partition coefficient (Wildman–Crippen LogP) is 5.34. The van der Waals surface area contributed by atoms with E-state index >= 15 is 0 Å². The Hall–Kier alpha value is -0.260. The van der Waals surface area contributed by atoms with Crippen molar-refractivity contribution in [2.45, 2.75) is 72.1 Å². The summed E-state index contributed by atoms with van der Waals surface area (Å²) in [6.07, 6.45) is 16.1. The van der Waals surface area contributed by atoms with Crippen LogP contribution in [0.15, 0.2) is 12.2 Å². The van der Waals surface area contributed by atoms with Crippen molar-refractivity contribution in [1.82, 2.24) is 0 Å². The molecule has 1 rings (SSSR count). The summed E-state index contributed by atoms with van der Waals surface area (Å²) in [5.41, 5.74) is 0.527. The largest absolute Gasteiger partial charge is 0.0883 e. The number of hydrogen-bond donors (Lipinski definition) is 0. The molecule has 0 spiro atoms. The Kier molecular flexibility index (Phi) is 5.42. The van der Waals surface area contributed by atoms with Gasteiger partial charge in [0, 0.05) is 0 Å². The molecule has 0 aromatic carbocycles. The van der Waals surface area contributed by atoms with Crippen LogP contribution in [0.5, 0.6) is 0 Å². The Morgan fingerprint density at radius 2 is 1.87 bits per heavy atom. The van der Waals surface area contributed by atoms with Crippen LogP contribution in [-0.2, 0) is 0 Å². The molecule has 0 nitrogen and oxygen atoms in total. The van der Waals surface area contributed by atoms with E-state index in [4.69, 9.17) is 0 Å². The molecule has 0 aliphatic heterocycles. The lowest BCUT2D eigenvalue weighted by molar-refractivity contribution is 0.211. The van der Waals surface area contributed by atoms with Gasteiger partial charge in [0.2, 0.25) is 0 Å². The van der Waals surface area contributed by atoms with Crippen molar-refractivity contribution in [3.63, 3.8) is 0 Å². The molecule has 0 bridgehead atoms. The quantitative estimate of drug-likeness (QED) is 0.535. The first-order valence-electron chi connectivity index (χ1n) is 6.88. The highest BCUT2D eigenvalue weighted by Gasteiger charge is 2.28. The standard InChI is InChI=1S/C15H28/c1-4-6-8-14-9-12-15(3,13-10-14)11-7-5-2/h7,11,14H,4-6,8-10,12-13H2,1-3H3. The fourth-order valence-electron chi connectivity index (χ4n) is 2.69. The van der Waals surface area contributed by atoms with E-state index in [-0.39, 0.29) is 0 Å². The number of allylic oxidation sites excluding steroid dienone is 2. The zero-order valence-electron chi connectivity index (χ0n) is 10.9. The second-order valence-electron chi connectivity index (χ2n) is 5.55. The summed E-state index contributed by atoms with van der Waals surface area (Å²) in [5.74, 6) is 1.04. The van der Waals surface area contributed by atoms with Crippen molar-refractivity contribution in [1.29, 1.82) is 0 Å². The summed E-state index contributed by atoms with van der Waals surface area (Å²) in [4.78, 5) is 0. The van der Waals surface area contributed by atoms with Crippen molar-refractivity contribution in [2.24, 2.45) is 11.3 Å². The molecule has 0 heteroatoms. The molecule has 0 amide bonds. The summed E-state index contributed by atoms with van der Waals surface area (Å²) in [6, 6.07) is 0. The third-order valence-electron chi connectivity index (χ3n) is 3.97. The van der Waals surface area contributed by atoms with Gasteiger partial charge in [0.1, 0.15) is 0 Å². The SMILES string of the molecule is CCC=CC1(C)CCC(CCCC)CC1. The summed E-state index contributed by atoms with van der Waals surface area (Å²) in [6.45, 7) is 6.97. The highest BCUT2D eigenvalue weighted by molar-refractivity contribution is 4.99. The summed E-state index contributed by atoms with van der Waals surface area (Å²) >= 11 is 0. The first-order valence-corrected chi connectivity index (χ1v) is 6.88. The molecule has 1 saturated carbocycles. The molecule has 0 aromatic rings. The van der Waals surface area contributed by atoms with E-state index in [1.54, 1.807) is 0 Å². The van der Waals surface area contributed by atoms with Crippen molar-refractivity contribution in [3.05, 3.63) is 12.2 Å². The second-order valence-corrected chi connectivity index (χ2v) is 5.55. The molecule has 0 heterocycles. The maximum absolute atomic E-state index is 2.48. The number of rotatable bonds is 5. The van der Waals surface area contributed by atoms with Gasteiger partial charge in [0.25, 0.3) is 0 Å². The molecular formula is C15H28. The first-order chi connectivity index (χ1) is 7.20. The van der Waals surface area contributed by atoms with Crippen LogP contribution in [0.4, 0.5) is 0 Å². The highest BCUT2D eigenvalue weighted by atomic mass is 14.3. The predicted molar refractivity (Wildman–Crippen MR) is 69.0 cm³/mol. The Labute approximate surface area is 96.2 Å². The maximum Gasteiger partial charge on any atom is -0.0146 e. The van der Waals surface area contributed by atoms with Gasteiger partial charge in [0.15, 0.2) is 0 Å². The van der Waals surface area contributed by atoms with Crippen molar-refractivity contribution in [3.8, 4) is 0 Å². The molecular weight excluding hydrogens is 180 g/mol. The van der Waals surface area contributed by atoms with E-state index in [9.17, 15) is 0 Å². The van der Waals surface area contributed by atoms with Gasteiger partial charge in [-0.2, -0.15) is 0 Å². The van der Waals surface area contributed by atoms with Crippen LogP contribution in [0, 0.1) is 11.3 Å². The van der Waals surface area contributed by atoms with Crippen LogP contribution >= 0.6 is 0 Å². The normalized spacial score (nSPS) is 32.3. The molecule has 0 atom stereocenters. The summed E-state index contributed by atoms with van der Waals surface area (Å²) in [5, 5.41) is 0. The Bertz CT molecular complexity index is 182. The van der Waals surface area contributed by atoms with Crippen LogP contribution in [0.25, 0.3) is 0 Å². The van der Waals surface area contributed by atoms with E-state index in [1.807, 2.05) is 0 Å². The molecule has 0 radical (unpaired) electrons. The van der Waals surface area contributed by atoms with Gasteiger partial charge in [-0.05, 0) is 43.4 Å². The molecule has 0 saturated heterocycles. The average molecular weight is 208 g/mol. The lowest BCUT2D eigenvalue weighted by Crippen LogP contribution is -2.22. The van der Waals surface area contributed by atoms with Crippen LogP contribution in [0.1, 0.15) is 72.1 Å². The third kappa shape index (κ3) is 4.40. The molecule has 15 heavy (non-hydrogen) atoms. The molecule has 0 aromatic heterocycles. The monoisotopic (exact) mass is 208 g/mol. The first kappa shape index (κ1) is 12.8. The van der Waals surface area contributed by atoms with Crippen LogP contribution < -0.4 is 0 Å². The second kappa shape index (κ2) is 6.35. The zero-order valence-corrected chi connectivity index (χ0v) is 10.9. The van der Waals surface area contributed by atoms with E-state index in [0.29, 0.717) is 5.41 Å². The van der Waals surface area contributed by atoms with Crippen molar-refractivity contribution in [2.75, 3.05) is 0 Å². The van der Waals surface area contributed by atoms with Gasteiger partial charge in [-0.1, -0.05) is 52.2 Å². The van der Waals surface area contributed by atoms with E-state index in [0.717, 1.165) is 5.92 Å². The van der Waals surface area contributed by atoms with Gasteiger partial charge in [0.05, 0.1) is 0 Å². The van der Waals surface area contributed by atoms with Crippen LogP contribution in [0.3, 0.4) is 0 Å². The van der Waals surface area contributed by atoms with E-state index in [2.05, 4.69) is 32.9 Å². The lowest BCUT2D eigenvalue weighted by atomic mass is 9.70. The Morgan fingerprint density at radius 3 is 2.40 bits per heavy atom. The van der Waals surface area contributed by atoms with Crippen molar-refractivity contribution < 1.29 is 0 Å². The maximum atomic E-state index is 2.48. The Morgan fingerprint density at radius 1 is 1.20 bits per heavy atom. The van der Waals surface area contributed by atoms with E-state index < -0.39 is 0 Å². The smallest absolute Gasteiger partial charge is 0.0146 e. The zero-order chi connectivity index (χ0) is 11.1. The average Bonchev–Trinajstić information content (AvgIpc) is 2.26. The summed E-state index contributed by atoms with van der Waals surface area (Å²) in [7, 11) is 0. The van der Waals surface area contributed by atoms with E-state index in [1.165, 1.54) is 51.4 Å². The van der Waals surface area contributed by atoms with Gasteiger partial charge < -0.3 is 0 Å². The van der Waals surface area contributed by atoms with Crippen LogP contribution in [0.2, 0.25) is 0 Å². The van der Waals surface area contributed by atoms with Crippen LogP contribution in [-0.4, -0.2) is 0 Å². The minimum atomic E-state index is 0.527. The molecule has 0 N–H and O–H groups in total. The molecule has 0 unspecified atom stereocenters. The molecule has 1 aliphatic carbocycles. The fourth-order valence-corrected chi connectivity index (χ4v) is 2.69. The Balaban J connectivity index is 2.30. The lowest BCUT2D eigenvalue weighted by Gasteiger charge is -2.35. The van der Waals surface area contributed by atoms with Gasteiger partial charge in [-0.25, -0.2) is 0 Å². The van der Waals surface area contributed by atoms with Crippen molar-refractivity contribution >= 4 is 0 Å². The fraction of sp³-hybridized carbons (Fsp3) is 0.867. The molecule has 1 aliphatic rings. The van der Waals surface area contributed by atoms with Gasteiger partial charge in [-0.15, -0.1) is 0 Å². The topological polar surface area (TPSA) is 0 Å². The molecule has 1 fully saturated rings. The van der Waals surface area contributed by atoms with Gasteiger partial charge in [-0.3, -0.25) is 0 Å². The minimum absolute atomic E-state index is 0.527. The molecule has 88 valence electrons. The highest BCUT2D eigenvalue weighted by Crippen LogP contribution is 2.41. The van der Waals surface area contributed by atoms with Gasteiger partial charge >= 0.3 is 0 Å². The third-order valence-corrected chi connectivity index (χ3v) is 3.97. The number of hydrogen-bond acceptors (Lipinski definition) is 0.